The van der Waals surface area contributed by atoms with Gasteiger partial charge in [-0.1, -0.05) is 24.6 Å². The summed E-state index contributed by atoms with van der Waals surface area (Å²) in [5.41, 5.74) is 0.696. The second kappa shape index (κ2) is 7.36. The highest BCUT2D eigenvalue weighted by Crippen LogP contribution is 2.29. The minimum Gasteiger partial charge on any atom is -0.477 e. The van der Waals surface area contributed by atoms with Crippen molar-refractivity contribution in [3.8, 4) is 5.75 Å². The molecule has 0 aliphatic rings. The number of halogens is 1. The topological polar surface area (TPSA) is 55.8 Å². The second-order valence-corrected chi connectivity index (χ2v) is 4.54. The molecule has 0 bridgehead atoms. The number of carbonyl (C=O) groups excluding carboxylic acids is 1. The monoisotopic (exact) mass is 286 g/mol. The van der Waals surface area contributed by atoms with E-state index in [0.29, 0.717) is 29.4 Å². The summed E-state index contributed by atoms with van der Waals surface area (Å²) in [7, 11) is 0. The third kappa shape index (κ3) is 4.40. The van der Waals surface area contributed by atoms with Gasteiger partial charge in [-0.05, 0) is 38.0 Å². The first-order valence-electron chi connectivity index (χ1n) is 6.30. The van der Waals surface area contributed by atoms with Gasteiger partial charge in [0.05, 0.1) is 17.7 Å². The first-order valence-corrected chi connectivity index (χ1v) is 6.68. The fourth-order valence-electron chi connectivity index (χ4n) is 1.56. The highest BCUT2D eigenvalue weighted by Gasteiger charge is 2.20. The van der Waals surface area contributed by atoms with Gasteiger partial charge in [-0.25, -0.2) is 4.79 Å². The number of hydrogen-bond donors (Lipinski definition) is 1. The van der Waals surface area contributed by atoms with Gasteiger partial charge in [-0.2, -0.15) is 0 Å². The zero-order chi connectivity index (χ0) is 14.4. The number of carbonyl (C=O) groups is 1. The molecule has 0 heterocycles. The molecule has 0 saturated heterocycles. The van der Waals surface area contributed by atoms with E-state index >= 15 is 0 Å². The predicted octanol–water partition coefficient (Wildman–Crippen LogP) is 3.11. The van der Waals surface area contributed by atoms with E-state index in [4.69, 9.17) is 21.1 Å². The molecule has 106 valence electrons. The molecule has 19 heavy (non-hydrogen) atoms. The molecule has 5 heteroatoms. The molecule has 1 N–H and O–H groups in total. The van der Waals surface area contributed by atoms with Crippen LogP contribution in [0.4, 0.5) is 0 Å². The van der Waals surface area contributed by atoms with E-state index in [1.807, 2.05) is 6.92 Å². The maximum absolute atomic E-state index is 11.6. The number of rotatable bonds is 6. The van der Waals surface area contributed by atoms with Crippen LogP contribution >= 0.6 is 11.6 Å². The molecule has 0 amide bonds. The van der Waals surface area contributed by atoms with Crippen LogP contribution in [0.1, 0.15) is 38.9 Å². The summed E-state index contributed by atoms with van der Waals surface area (Å²) in [6.07, 6.45) is -0.777. The highest BCUT2D eigenvalue weighted by atomic mass is 35.5. The summed E-state index contributed by atoms with van der Waals surface area (Å²) >= 11 is 6.07. The number of hydrogen-bond acceptors (Lipinski definition) is 4. The Morgan fingerprint density at radius 2 is 2.11 bits per heavy atom. The lowest BCUT2D eigenvalue weighted by Gasteiger charge is -2.17. The number of benzene rings is 1. The SMILES string of the molecule is CCOC(=O)C(CC)Oc1ccc([C@@H](C)O)cc1Cl. The molecule has 0 aliphatic heterocycles. The van der Waals surface area contributed by atoms with Crippen molar-refractivity contribution in [2.45, 2.75) is 39.4 Å². The molecular formula is C14H19ClO4. The lowest BCUT2D eigenvalue weighted by molar-refractivity contribution is -0.151. The van der Waals surface area contributed by atoms with Crippen LogP contribution in [0.2, 0.25) is 5.02 Å². The first kappa shape index (κ1) is 15.8. The molecule has 0 aliphatic carbocycles. The Kier molecular flexibility index (Phi) is 6.12. The molecule has 0 fully saturated rings. The maximum atomic E-state index is 11.6. The minimum atomic E-state index is -0.671. The molecule has 4 nitrogen and oxygen atoms in total. The Labute approximate surface area is 118 Å². The molecule has 2 atom stereocenters. The summed E-state index contributed by atoms with van der Waals surface area (Å²) in [4.78, 5) is 11.6. The normalized spacial score (nSPS) is 13.7. The van der Waals surface area contributed by atoms with Crippen molar-refractivity contribution in [2.75, 3.05) is 6.61 Å². The van der Waals surface area contributed by atoms with Gasteiger partial charge in [0.1, 0.15) is 5.75 Å². The molecule has 0 radical (unpaired) electrons. The lowest BCUT2D eigenvalue weighted by atomic mass is 10.1. The van der Waals surface area contributed by atoms with Gasteiger partial charge < -0.3 is 14.6 Å². The molecular weight excluding hydrogens is 268 g/mol. The number of aliphatic hydroxyl groups excluding tert-OH is 1. The van der Waals surface area contributed by atoms with Gasteiger partial charge >= 0.3 is 5.97 Å². The minimum absolute atomic E-state index is 0.313. The van der Waals surface area contributed by atoms with E-state index in [-0.39, 0.29) is 0 Å². The summed E-state index contributed by atoms with van der Waals surface area (Å²) in [6, 6.07) is 4.98. The Balaban J connectivity index is 2.83. The van der Waals surface area contributed by atoms with Crippen LogP contribution < -0.4 is 4.74 Å². The van der Waals surface area contributed by atoms with Crippen molar-refractivity contribution in [1.82, 2.24) is 0 Å². The molecule has 1 aromatic carbocycles. The molecule has 0 saturated carbocycles. The smallest absolute Gasteiger partial charge is 0.347 e. The Morgan fingerprint density at radius 3 is 2.58 bits per heavy atom. The van der Waals surface area contributed by atoms with Crippen LogP contribution in [0.25, 0.3) is 0 Å². The van der Waals surface area contributed by atoms with Crippen LogP contribution in [-0.2, 0) is 9.53 Å². The summed E-state index contributed by atoms with van der Waals surface area (Å²) in [6.45, 7) is 5.54. The van der Waals surface area contributed by atoms with Gasteiger partial charge in [0, 0.05) is 0 Å². The molecule has 1 aromatic rings. The lowest BCUT2D eigenvalue weighted by Crippen LogP contribution is -2.28. The van der Waals surface area contributed by atoms with Gasteiger partial charge in [0.2, 0.25) is 0 Å². The third-order valence-corrected chi connectivity index (χ3v) is 2.92. The average Bonchev–Trinajstić information content (AvgIpc) is 2.37. The van der Waals surface area contributed by atoms with Gasteiger partial charge in [-0.15, -0.1) is 0 Å². The second-order valence-electron chi connectivity index (χ2n) is 4.13. The van der Waals surface area contributed by atoms with Crippen molar-refractivity contribution in [2.24, 2.45) is 0 Å². The quantitative estimate of drug-likeness (QED) is 0.817. The van der Waals surface area contributed by atoms with E-state index in [2.05, 4.69) is 0 Å². The van der Waals surface area contributed by atoms with Crippen molar-refractivity contribution in [1.29, 1.82) is 0 Å². The average molecular weight is 287 g/mol. The summed E-state index contributed by atoms with van der Waals surface area (Å²) in [5, 5.41) is 9.81. The van der Waals surface area contributed by atoms with E-state index in [1.54, 1.807) is 32.0 Å². The Bertz CT molecular complexity index is 431. The summed E-state index contributed by atoms with van der Waals surface area (Å²) < 4.78 is 10.5. The van der Waals surface area contributed by atoms with Crippen molar-refractivity contribution >= 4 is 17.6 Å². The van der Waals surface area contributed by atoms with Gasteiger partial charge in [0.25, 0.3) is 0 Å². The zero-order valence-electron chi connectivity index (χ0n) is 11.4. The Morgan fingerprint density at radius 1 is 1.42 bits per heavy atom. The van der Waals surface area contributed by atoms with Crippen LogP contribution in [0.15, 0.2) is 18.2 Å². The van der Waals surface area contributed by atoms with Crippen LogP contribution in [0.5, 0.6) is 5.75 Å². The molecule has 0 spiro atoms. The zero-order valence-corrected chi connectivity index (χ0v) is 12.1. The van der Waals surface area contributed by atoms with E-state index in [9.17, 15) is 9.90 Å². The summed E-state index contributed by atoms with van der Waals surface area (Å²) in [5.74, 6) is 0.00615. The Hall–Kier alpha value is -1.26. The number of ether oxygens (including phenoxy) is 2. The third-order valence-electron chi connectivity index (χ3n) is 2.63. The first-order chi connectivity index (χ1) is 8.99. The molecule has 1 unspecified atom stereocenters. The predicted molar refractivity (Wildman–Crippen MR) is 73.4 cm³/mol. The number of esters is 1. The van der Waals surface area contributed by atoms with Crippen LogP contribution in [-0.4, -0.2) is 23.8 Å². The van der Waals surface area contributed by atoms with Crippen LogP contribution in [0, 0.1) is 0 Å². The largest absolute Gasteiger partial charge is 0.477 e. The molecule has 1 rings (SSSR count). The van der Waals surface area contributed by atoms with E-state index < -0.39 is 18.2 Å². The van der Waals surface area contributed by atoms with Gasteiger partial charge in [0.15, 0.2) is 6.10 Å². The van der Waals surface area contributed by atoms with Crippen LogP contribution in [0.3, 0.4) is 0 Å². The van der Waals surface area contributed by atoms with Crippen molar-refractivity contribution in [3.63, 3.8) is 0 Å². The fourth-order valence-corrected chi connectivity index (χ4v) is 1.79. The molecule has 0 aromatic heterocycles. The highest BCUT2D eigenvalue weighted by molar-refractivity contribution is 6.32. The van der Waals surface area contributed by atoms with Crippen molar-refractivity contribution < 1.29 is 19.4 Å². The standard InChI is InChI=1S/C14H19ClO4/c1-4-12(14(17)18-5-2)19-13-7-6-10(9(3)16)8-11(13)15/h6-9,12,16H,4-5H2,1-3H3/t9-,12?/m1/s1. The van der Waals surface area contributed by atoms with E-state index in [1.165, 1.54) is 0 Å². The van der Waals surface area contributed by atoms with Gasteiger partial charge in [-0.3, -0.25) is 0 Å². The maximum Gasteiger partial charge on any atom is 0.347 e. The van der Waals surface area contributed by atoms with E-state index in [0.717, 1.165) is 0 Å². The van der Waals surface area contributed by atoms with Crippen molar-refractivity contribution in [3.05, 3.63) is 28.8 Å². The number of aliphatic hydroxyl groups is 1. The fraction of sp³-hybridized carbons (Fsp3) is 0.500.